The summed E-state index contributed by atoms with van der Waals surface area (Å²) >= 11 is 0. The molecule has 0 aliphatic carbocycles. The van der Waals surface area contributed by atoms with Crippen molar-refractivity contribution in [2.75, 3.05) is 74.8 Å². The average molecular weight is 1150 g/mol. The van der Waals surface area contributed by atoms with E-state index in [0.717, 1.165) is 5.56 Å². The minimum atomic E-state index is -1.49. The van der Waals surface area contributed by atoms with Gasteiger partial charge in [-0.25, -0.2) is 9.59 Å². The molecule has 0 saturated carbocycles. The SMILES string of the molecule is COc1ccc(CC[C@H]2OC(=O)[C@@H]3CCCCN3C(=O)C(=O)C(C)(C)COC(=O)/C=C\CCN(C)C(=O)[C@H]3CCCN3C(=O)[C@H](COC(C)(C)C)N(C)C(=O)C(c3ccccc3)NC(=O)[C@H](C)N(C)C(=O)COc3cccc2c3)cc1OC. The Morgan fingerprint density at radius 1 is 0.711 bits per heavy atom. The molecular weight excluding hydrogens is 1070 g/mol. The Bertz CT molecular complexity index is 2850. The van der Waals surface area contributed by atoms with Crippen molar-refractivity contribution >= 4 is 53.2 Å². The number of benzene rings is 3. The molecule has 3 heterocycles. The van der Waals surface area contributed by atoms with E-state index < -0.39 is 108 Å². The zero-order chi connectivity index (χ0) is 60.8. The lowest BCUT2D eigenvalue weighted by Crippen LogP contribution is -2.58. The van der Waals surface area contributed by atoms with Gasteiger partial charge in [0.15, 0.2) is 18.1 Å². The van der Waals surface area contributed by atoms with Gasteiger partial charge in [0.2, 0.25) is 29.4 Å². The summed E-state index contributed by atoms with van der Waals surface area (Å²) in [5.74, 6) is -4.84. The van der Waals surface area contributed by atoms with E-state index in [1.807, 2.05) is 32.9 Å². The van der Waals surface area contributed by atoms with Crippen molar-refractivity contribution in [3.05, 3.63) is 102 Å². The summed E-state index contributed by atoms with van der Waals surface area (Å²) in [6.45, 7) is 9.17. The van der Waals surface area contributed by atoms with Gasteiger partial charge in [0.05, 0.1) is 31.8 Å². The number of nitrogens with one attached hydrogen (secondary N) is 1. The molecule has 450 valence electrons. The molecule has 6 amide bonds. The molecule has 3 aromatic rings. The number of esters is 2. The minimum absolute atomic E-state index is 0.105. The van der Waals surface area contributed by atoms with E-state index in [1.54, 1.807) is 67.7 Å². The van der Waals surface area contributed by atoms with Gasteiger partial charge in [0, 0.05) is 46.9 Å². The average Bonchev–Trinajstić information content (AvgIpc) is 4.25. The maximum Gasteiger partial charge on any atom is 0.330 e. The predicted octanol–water partition coefficient (Wildman–Crippen LogP) is 5.58. The fraction of sp³-hybridized carbons (Fsp3) is 0.532. The first-order chi connectivity index (χ1) is 39.3. The van der Waals surface area contributed by atoms with E-state index in [4.69, 9.17) is 28.4 Å². The fourth-order valence-electron chi connectivity index (χ4n) is 10.0. The number of rotatable bonds is 8. The second kappa shape index (κ2) is 28.9. The van der Waals surface area contributed by atoms with Crippen LogP contribution >= 0.6 is 0 Å². The van der Waals surface area contributed by atoms with E-state index >= 15 is 0 Å². The van der Waals surface area contributed by atoms with Crippen LogP contribution in [-0.2, 0) is 63.8 Å². The van der Waals surface area contributed by atoms with Crippen molar-refractivity contribution < 1.29 is 71.6 Å². The first-order valence-corrected chi connectivity index (χ1v) is 28.3. The molecule has 83 heavy (non-hydrogen) atoms. The predicted molar refractivity (Wildman–Crippen MR) is 306 cm³/mol. The maximum atomic E-state index is 14.9. The number of aryl methyl sites for hydroxylation is 1. The number of piperidine rings is 1. The van der Waals surface area contributed by atoms with E-state index in [1.165, 1.54) is 85.7 Å². The molecule has 2 saturated heterocycles. The minimum Gasteiger partial charge on any atom is -0.493 e. The van der Waals surface area contributed by atoms with Crippen LogP contribution in [-0.4, -0.2) is 182 Å². The highest BCUT2D eigenvalue weighted by Gasteiger charge is 2.44. The summed E-state index contributed by atoms with van der Waals surface area (Å²) in [4.78, 5) is 134. The lowest BCUT2D eigenvalue weighted by molar-refractivity contribution is -0.165. The Balaban J connectivity index is 1.32. The van der Waals surface area contributed by atoms with Crippen molar-refractivity contribution in [3.8, 4) is 17.2 Å². The number of methoxy groups -OCH3 is 2. The van der Waals surface area contributed by atoms with Crippen molar-refractivity contribution in [1.82, 2.24) is 29.8 Å². The molecule has 1 N–H and O–H groups in total. The Kier molecular flexibility index (Phi) is 22.4. The molecule has 1 unspecified atom stereocenters. The number of amides is 6. The quantitative estimate of drug-likeness (QED) is 0.214. The van der Waals surface area contributed by atoms with Crippen LogP contribution in [0.25, 0.3) is 0 Å². The van der Waals surface area contributed by atoms with Crippen LogP contribution in [0.3, 0.4) is 0 Å². The van der Waals surface area contributed by atoms with Crippen molar-refractivity contribution in [2.45, 2.75) is 135 Å². The van der Waals surface area contributed by atoms with Gasteiger partial charge >= 0.3 is 11.9 Å². The second-order valence-corrected chi connectivity index (χ2v) is 22.9. The van der Waals surface area contributed by atoms with Gasteiger partial charge in [-0.1, -0.05) is 54.6 Å². The number of nitrogens with zero attached hydrogens (tertiary/aromatic N) is 5. The molecule has 2 bridgehead atoms. The van der Waals surface area contributed by atoms with Gasteiger partial charge in [-0.2, -0.15) is 0 Å². The summed E-state index contributed by atoms with van der Waals surface area (Å²) in [6, 6.07) is 14.9. The summed E-state index contributed by atoms with van der Waals surface area (Å²) in [6.07, 6.45) is 4.79. The van der Waals surface area contributed by atoms with Crippen LogP contribution in [0.5, 0.6) is 17.2 Å². The van der Waals surface area contributed by atoms with Crippen LogP contribution in [0.4, 0.5) is 0 Å². The number of hydrogen-bond acceptors (Lipinski definition) is 15. The molecule has 0 spiro atoms. The zero-order valence-electron chi connectivity index (χ0n) is 49.8. The third-order valence-corrected chi connectivity index (χ3v) is 15.3. The standard InChI is InChI=1S/C62H82N6O15/c1-40-55(72)63-53(42-21-13-12-14-22-42)58(75)66(9)47(37-82-61(2,3)4)57(74)67-34-20-26-45(67)56(73)64(7)32-17-16-27-52(70)81-39-62(5,6)54(71)59(76)68-33-18-15-25-46(68)60(77)83-48(30-28-41-29-31-49(78-10)50(35-41)79-11)43-23-19-24-44(36-43)80-38-51(69)65(40)8/h12-14,16,19,21-24,27,29,31,35-36,40,45-48,53H,15,17-18,20,25-26,28,30,32-34,37-39H2,1-11H3,(H,63,72)/b27-16-/t40-,45+,46-,47-,48+,53?/m0/s1. The number of hydrogen-bond donors (Lipinski definition) is 1. The van der Waals surface area contributed by atoms with Crippen LogP contribution in [0.15, 0.2) is 84.9 Å². The van der Waals surface area contributed by atoms with Gasteiger partial charge in [-0.3, -0.25) is 33.6 Å². The van der Waals surface area contributed by atoms with E-state index in [-0.39, 0.29) is 57.2 Å². The third kappa shape index (κ3) is 16.9. The number of cyclic esters (lactones) is 2. The second-order valence-electron chi connectivity index (χ2n) is 22.9. The number of carbonyl (C=O) groups excluding carboxylic acids is 9. The Labute approximate surface area is 486 Å². The Morgan fingerprint density at radius 2 is 1.40 bits per heavy atom. The number of carbonyl (C=O) groups is 9. The largest absolute Gasteiger partial charge is 0.493 e. The van der Waals surface area contributed by atoms with E-state index in [9.17, 15) is 43.2 Å². The van der Waals surface area contributed by atoms with Crippen LogP contribution < -0.4 is 19.5 Å². The molecule has 6 atom stereocenters. The van der Waals surface area contributed by atoms with Gasteiger partial charge in [0.1, 0.15) is 48.7 Å². The van der Waals surface area contributed by atoms with Gasteiger partial charge in [0.25, 0.3) is 11.8 Å². The highest BCUT2D eigenvalue weighted by Crippen LogP contribution is 2.33. The molecule has 6 rings (SSSR count). The monoisotopic (exact) mass is 1150 g/mol. The molecule has 21 heteroatoms. The normalized spacial score (nSPS) is 24.2. The van der Waals surface area contributed by atoms with E-state index in [0.29, 0.717) is 54.7 Å². The number of fused-ring (bicyclic) bond motifs is 4. The molecule has 0 radical (unpaired) electrons. The molecule has 3 aliphatic heterocycles. The van der Waals surface area contributed by atoms with E-state index in [2.05, 4.69) is 5.32 Å². The molecule has 3 aromatic carbocycles. The Morgan fingerprint density at radius 3 is 2.10 bits per heavy atom. The lowest BCUT2D eigenvalue weighted by Gasteiger charge is -2.37. The summed E-state index contributed by atoms with van der Waals surface area (Å²) in [5, 5.41) is 2.83. The summed E-state index contributed by atoms with van der Waals surface area (Å²) in [5.41, 5.74) is -0.492. The molecule has 0 aromatic heterocycles. The molecule has 3 aliphatic rings. The number of likely N-dealkylation sites (N-methyl/N-ethyl adjacent to an activating group) is 3. The van der Waals surface area contributed by atoms with Gasteiger partial charge in [-0.15, -0.1) is 0 Å². The van der Waals surface area contributed by atoms with Crippen LogP contribution in [0, 0.1) is 5.41 Å². The Hall–Kier alpha value is -7.81. The lowest BCUT2D eigenvalue weighted by atomic mass is 9.87. The first-order valence-electron chi connectivity index (χ1n) is 28.3. The summed E-state index contributed by atoms with van der Waals surface area (Å²) < 4.78 is 35.0. The molecule has 2 fully saturated rings. The maximum absolute atomic E-state index is 14.9. The number of ether oxygens (including phenoxy) is 6. The first kappa shape index (κ1) is 64.4. The topological polar surface area (TPSA) is 237 Å². The highest BCUT2D eigenvalue weighted by molar-refractivity contribution is 6.38. The molecular formula is C62H82N6O15. The zero-order valence-corrected chi connectivity index (χ0v) is 49.8. The molecule has 21 nitrogen and oxygen atoms in total. The van der Waals surface area contributed by atoms with Crippen molar-refractivity contribution in [1.29, 1.82) is 0 Å². The fourth-order valence-corrected chi connectivity index (χ4v) is 10.0. The van der Waals surface area contributed by atoms with Crippen LogP contribution in [0.1, 0.15) is 115 Å². The smallest absolute Gasteiger partial charge is 0.330 e. The van der Waals surface area contributed by atoms with Crippen molar-refractivity contribution in [3.63, 3.8) is 0 Å². The van der Waals surface area contributed by atoms with Gasteiger partial charge in [-0.05, 0) is 134 Å². The van der Waals surface area contributed by atoms with Gasteiger partial charge < -0.3 is 58.2 Å². The van der Waals surface area contributed by atoms with Crippen LogP contribution in [0.2, 0.25) is 0 Å². The highest BCUT2D eigenvalue weighted by atomic mass is 16.5. The number of Topliss-reactive ketones (excluding diaryl/α,β-unsaturated/α-hetero) is 1. The van der Waals surface area contributed by atoms with Crippen molar-refractivity contribution in [2.24, 2.45) is 5.41 Å². The number of ketones is 1. The third-order valence-electron chi connectivity index (χ3n) is 15.3. The summed E-state index contributed by atoms with van der Waals surface area (Å²) in [7, 11) is 7.52.